The van der Waals surface area contributed by atoms with E-state index in [1.54, 1.807) is 10.5 Å². The van der Waals surface area contributed by atoms with Gasteiger partial charge in [-0.1, -0.05) is 0 Å². The van der Waals surface area contributed by atoms with Gasteiger partial charge in [0.05, 0.1) is 5.69 Å². The predicted molar refractivity (Wildman–Crippen MR) is 75.3 cm³/mol. The molecule has 0 unspecified atom stereocenters. The summed E-state index contributed by atoms with van der Waals surface area (Å²) in [5, 5.41) is 10.7. The predicted octanol–water partition coefficient (Wildman–Crippen LogP) is 3.15. The maximum Gasteiger partial charge on any atom is 0.412 e. The van der Waals surface area contributed by atoms with Crippen LogP contribution in [0.4, 0.5) is 10.5 Å². The minimum absolute atomic E-state index is 0.520. The number of nitrogens with zero attached hydrogens (tertiary/aromatic N) is 3. The highest BCUT2D eigenvalue weighted by molar-refractivity contribution is 9.10. The lowest BCUT2D eigenvalue weighted by molar-refractivity contribution is 0.0636. The van der Waals surface area contributed by atoms with E-state index in [1.165, 1.54) is 0 Å². The van der Waals surface area contributed by atoms with Crippen LogP contribution < -0.4 is 5.32 Å². The molecule has 0 aliphatic rings. The fraction of sp³-hybridized carbons (Fsp3) is 0.417. The van der Waals surface area contributed by atoms with Gasteiger partial charge in [0.1, 0.15) is 11.4 Å². The molecule has 0 bridgehead atoms. The number of anilines is 1. The van der Waals surface area contributed by atoms with Crippen LogP contribution in [0.3, 0.4) is 0 Å². The molecule has 0 aliphatic heterocycles. The molecule has 19 heavy (non-hydrogen) atoms. The first-order chi connectivity index (χ1) is 8.76. The van der Waals surface area contributed by atoms with Gasteiger partial charge in [0.2, 0.25) is 0 Å². The summed E-state index contributed by atoms with van der Waals surface area (Å²) in [5.41, 5.74) is 0.575. The minimum atomic E-state index is -0.546. The maximum absolute atomic E-state index is 11.8. The Morgan fingerprint density at radius 1 is 1.42 bits per heavy atom. The molecule has 7 heteroatoms. The number of rotatable bonds is 1. The van der Waals surface area contributed by atoms with Crippen molar-refractivity contribution in [2.75, 3.05) is 5.32 Å². The molecule has 0 saturated carbocycles. The van der Waals surface area contributed by atoms with Crippen LogP contribution in [0.15, 0.2) is 16.7 Å². The summed E-state index contributed by atoms with van der Waals surface area (Å²) in [5.74, 6) is 0.739. The zero-order valence-corrected chi connectivity index (χ0v) is 12.8. The Morgan fingerprint density at radius 3 is 2.74 bits per heavy atom. The van der Waals surface area contributed by atoms with E-state index in [-0.39, 0.29) is 0 Å². The fourth-order valence-electron chi connectivity index (χ4n) is 1.58. The van der Waals surface area contributed by atoms with Crippen LogP contribution in [-0.2, 0) is 4.74 Å². The minimum Gasteiger partial charge on any atom is -0.444 e. The molecule has 1 amide bonds. The normalized spacial score (nSPS) is 11.6. The molecule has 1 N–H and O–H groups in total. The van der Waals surface area contributed by atoms with E-state index in [2.05, 4.69) is 31.4 Å². The van der Waals surface area contributed by atoms with Gasteiger partial charge >= 0.3 is 6.09 Å². The molecule has 2 aromatic heterocycles. The number of ether oxygens (including phenoxy) is 1. The second-order valence-electron chi connectivity index (χ2n) is 5.14. The largest absolute Gasteiger partial charge is 0.444 e. The molecule has 0 saturated heterocycles. The first-order valence-electron chi connectivity index (χ1n) is 5.77. The number of aromatic nitrogens is 3. The highest BCUT2D eigenvalue weighted by Gasteiger charge is 2.18. The summed E-state index contributed by atoms with van der Waals surface area (Å²) >= 11 is 3.38. The lowest BCUT2D eigenvalue weighted by Crippen LogP contribution is -2.27. The van der Waals surface area contributed by atoms with E-state index < -0.39 is 11.7 Å². The Kier molecular flexibility index (Phi) is 3.49. The van der Waals surface area contributed by atoms with Gasteiger partial charge in [-0.15, -0.1) is 10.2 Å². The van der Waals surface area contributed by atoms with Gasteiger partial charge in [-0.25, -0.2) is 4.79 Å². The molecular formula is C12H15BrN4O2. The van der Waals surface area contributed by atoms with Crippen LogP contribution in [0.1, 0.15) is 26.6 Å². The van der Waals surface area contributed by atoms with Gasteiger partial charge in [0.15, 0.2) is 5.65 Å². The molecular weight excluding hydrogens is 312 g/mol. The van der Waals surface area contributed by atoms with Crippen molar-refractivity contribution in [1.29, 1.82) is 0 Å². The van der Waals surface area contributed by atoms with Crippen molar-refractivity contribution in [3.63, 3.8) is 0 Å². The second kappa shape index (κ2) is 4.80. The van der Waals surface area contributed by atoms with Crippen molar-refractivity contribution in [3.05, 3.63) is 22.6 Å². The van der Waals surface area contributed by atoms with Crippen LogP contribution in [-0.4, -0.2) is 26.3 Å². The molecule has 0 fully saturated rings. The van der Waals surface area contributed by atoms with Gasteiger partial charge in [-0.2, -0.15) is 0 Å². The van der Waals surface area contributed by atoms with Gasteiger partial charge in [-0.05, 0) is 49.7 Å². The maximum atomic E-state index is 11.8. The molecule has 2 heterocycles. The number of carbonyl (C=O) groups is 1. The zero-order chi connectivity index (χ0) is 14.2. The van der Waals surface area contributed by atoms with Crippen LogP contribution in [0, 0.1) is 6.92 Å². The van der Waals surface area contributed by atoms with Crippen molar-refractivity contribution < 1.29 is 9.53 Å². The molecule has 0 atom stereocenters. The van der Waals surface area contributed by atoms with Crippen LogP contribution in [0.2, 0.25) is 0 Å². The highest BCUT2D eigenvalue weighted by Crippen LogP contribution is 2.22. The van der Waals surface area contributed by atoms with Crippen molar-refractivity contribution in [2.24, 2.45) is 0 Å². The number of halogens is 1. The smallest absolute Gasteiger partial charge is 0.412 e. The molecule has 6 nitrogen and oxygen atoms in total. The Balaban J connectivity index is 2.33. The molecule has 2 rings (SSSR count). The molecule has 2 aromatic rings. The van der Waals surface area contributed by atoms with Crippen molar-refractivity contribution in [1.82, 2.24) is 14.6 Å². The fourth-order valence-corrected chi connectivity index (χ4v) is 2.01. The van der Waals surface area contributed by atoms with Crippen LogP contribution in [0.5, 0.6) is 0 Å². The molecule has 102 valence electrons. The van der Waals surface area contributed by atoms with E-state index >= 15 is 0 Å². The molecule has 0 spiro atoms. The Labute approximate surface area is 119 Å². The number of amides is 1. The van der Waals surface area contributed by atoms with Crippen molar-refractivity contribution >= 4 is 33.4 Å². The molecule has 0 aliphatic carbocycles. The standard InChI is InChI=1S/C12H15BrN4O2/c1-7-15-16-10-9(5-8(13)6-17(7)10)14-11(18)19-12(2,3)4/h5-6H,1-4H3,(H,14,18). The van der Waals surface area contributed by atoms with Crippen molar-refractivity contribution in [3.8, 4) is 0 Å². The van der Waals surface area contributed by atoms with E-state index in [0.717, 1.165) is 10.3 Å². The van der Waals surface area contributed by atoms with E-state index in [1.807, 2.05) is 33.9 Å². The van der Waals surface area contributed by atoms with E-state index in [4.69, 9.17) is 4.74 Å². The lowest BCUT2D eigenvalue weighted by atomic mass is 10.2. The Bertz CT molecular complexity index is 630. The third-order valence-electron chi connectivity index (χ3n) is 2.28. The highest BCUT2D eigenvalue weighted by atomic mass is 79.9. The SMILES string of the molecule is Cc1nnc2c(NC(=O)OC(C)(C)C)cc(Br)cn12. The summed E-state index contributed by atoms with van der Waals surface area (Å²) in [7, 11) is 0. The monoisotopic (exact) mass is 326 g/mol. The molecule has 0 radical (unpaired) electrons. The summed E-state index contributed by atoms with van der Waals surface area (Å²) in [6.07, 6.45) is 1.32. The van der Waals surface area contributed by atoms with Crippen LogP contribution >= 0.6 is 15.9 Å². The van der Waals surface area contributed by atoms with Crippen LogP contribution in [0.25, 0.3) is 5.65 Å². The topological polar surface area (TPSA) is 68.5 Å². The van der Waals surface area contributed by atoms with Gasteiger partial charge in [-0.3, -0.25) is 9.72 Å². The van der Waals surface area contributed by atoms with Crippen molar-refractivity contribution in [2.45, 2.75) is 33.3 Å². The number of hydrogen-bond donors (Lipinski definition) is 1. The van der Waals surface area contributed by atoms with Gasteiger partial charge in [0, 0.05) is 10.7 Å². The lowest BCUT2D eigenvalue weighted by Gasteiger charge is -2.19. The summed E-state index contributed by atoms with van der Waals surface area (Å²) in [6.45, 7) is 7.27. The first kappa shape index (κ1) is 13.8. The molecule has 0 aromatic carbocycles. The number of aryl methyl sites for hydroxylation is 1. The summed E-state index contributed by atoms with van der Waals surface area (Å²) < 4.78 is 7.82. The van der Waals surface area contributed by atoms with E-state index in [0.29, 0.717) is 11.3 Å². The number of carbonyl (C=O) groups excluding carboxylic acids is 1. The Morgan fingerprint density at radius 2 is 2.11 bits per heavy atom. The third kappa shape index (κ3) is 3.23. The summed E-state index contributed by atoms with van der Waals surface area (Å²) in [6, 6.07) is 1.76. The number of nitrogens with one attached hydrogen (secondary N) is 1. The summed E-state index contributed by atoms with van der Waals surface area (Å²) in [4.78, 5) is 11.8. The van der Waals surface area contributed by atoms with Gasteiger partial charge in [0.25, 0.3) is 0 Å². The van der Waals surface area contributed by atoms with Gasteiger partial charge < -0.3 is 4.74 Å². The van der Waals surface area contributed by atoms with E-state index in [9.17, 15) is 4.79 Å². The first-order valence-corrected chi connectivity index (χ1v) is 6.56. The number of hydrogen-bond acceptors (Lipinski definition) is 4. The number of pyridine rings is 1. The second-order valence-corrected chi connectivity index (χ2v) is 6.06. The Hall–Kier alpha value is -1.63. The zero-order valence-electron chi connectivity index (χ0n) is 11.2. The quantitative estimate of drug-likeness (QED) is 0.874. The third-order valence-corrected chi connectivity index (χ3v) is 2.71. The average molecular weight is 327 g/mol. The number of fused-ring (bicyclic) bond motifs is 1. The average Bonchev–Trinajstić information content (AvgIpc) is 2.57.